The zero-order chi connectivity index (χ0) is 15.4. The standard InChI is InChI=1S/C10H8F3N.C5H11Cl/c11-3-7-1-9(5-13)10(6-14)2-8(7)4-12;1-2-3-4-5-6/h1-2H,3-5H2;2-5H2,1H3. The summed E-state index contributed by atoms with van der Waals surface area (Å²) >= 11 is 5.38. The Morgan fingerprint density at radius 3 is 1.90 bits per heavy atom. The second kappa shape index (κ2) is 11.6. The monoisotopic (exact) mass is 305 g/mol. The topological polar surface area (TPSA) is 23.8 Å². The molecule has 0 amide bonds. The predicted molar refractivity (Wildman–Crippen MR) is 75.8 cm³/mol. The van der Waals surface area contributed by atoms with Gasteiger partial charge in [0.1, 0.15) is 20.0 Å². The highest BCUT2D eigenvalue weighted by molar-refractivity contribution is 6.17. The molecule has 0 aromatic heterocycles. The number of benzene rings is 1. The molecule has 0 aliphatic carbocycles. The third-order valence-corrected chi connectivity index (χ3v) is 2.98. The van der Waals surface area contributed by atoms with E-state index in [0.29, 0.717) is 0 Å². The van der Waals surface area contributed by atoms with Gasteiger partial charge in [-0.1, -0.05) is 19.8 Å². The molecule has 0 unspecified atom stereocenters. The van der Waals surface area contributed by atoms with Crippen LogP contribution in [0.3, 0.4) is 0 Å². The summed E-state index contributed by atoms with van der Waals surface area (Å²) in [4.78, 5) is 0. The molecular weight excluding hydrogens is 287 g/mol. The van der Waals surface area contributed by atoms with Crippen LogP contribution in [0.4, 0.5) is 13.2 Å². The first-order valence-electron chi connectivity index (χ1n) is 6.47. The summed E-state index contributed by atoms with van der Waals surface area (Å²) in [6.45, 7) is -0.368. The SMILES string of the molecule is CCCCCCl.N#Cc1cc(CF)c(CF)cc1CF. The molecule has 0 spiro atoms. The summed E-state index contributed by atoms with van der Waals surface area (Å²) in [7, 11) is 0. The summed E-state index contributed by atoms with van der Waals surface area (Å²) in [5.41, 5.74) is 0.398. The van der Waals surface area contributed by atoms with Crippen molar-refractivity contribution in [3.05, 3.63) is 34.4 Å². The lowest BCUT2D eigenvalue weighted by molar-refractivity contribution is 0.450. The Bertz CT molecular complexity index is 426. The number of nitrogens with zero attached hydrogens (tertiary/aromatic N) is 1. The molecule has 0 aliphatic rings. The molecule has 1 aromatic rings. The van der Waals surface area contributed by atoms with Crippen LogP contribution >= 0.6 is 11.6 Å². The number of halogens is 4. The van der Waals surface area contributed by atoms with E-state index in [-0.39, 0.29) is 22.3 Å². The van der Waals surface area contributed by atoms with Crippen LogP contribution in [-0.2, 0) is 20.0 Å². The lowest BCUT2D eigenvalue weighted by atomic mass is 10.0. The first kappa shape index (κ1) is 18.8. The zero-order valence-electron chi connectivity index (χ0n) is 11.6. The summed E-state index contributed by atoms with van der Waals surface area (Å²) in [5.74, 6) is 0.827. The Kier molecular flexibility index (Phi) is 10.9. The molecule has 0 N–H and O–H groups in total. The molecule has 0 saturated heterocycles. The zero-order valence-corrected chi connectivity index (χ0v) is 12.3. The molecule has 112 valence electrons. The molecule has 1 rings (SSSR count). The van der Waals surface area contributed by atoms with Crippen molar-refractivity contribution in [2.45, 2.75) is 46.2 Å². The van der Waals surface area contributed by atoms with Gasteiger partial charge in [0, 0.05) is 11.4 Å². The Morgan fingerprint density at radius 1 is 1.00 bits per heavy atom. The fourth-order valence-corrected chi connectivity index (χ4v) is 1.74. The van der Waals surface area contributed by atoms with Gasteiger partial charge in [-0.3, -0.25) is 0 Å². The van der Waals surface area contributed by atoms with E-state index in [4.69, 9.17) is 16.9 Å². The van der Waals surface area contributed by atoms with Gasteiger partial charge in [-0.2, -0.15) is 5.26 Å². The maximum atomic E-state index is 12.4. The largest absolute Gasteiger partial charge is 0.246 e. The van der Waals surface area contributed by atoms with Crippen LogP contribution in [0.5, 0.6) is 0 Å². The molecule has 0 radical (unpaired) electrons. The highest BCUT2D eigenvalue weighted by atomic mass is 35.5. The molecule has 1 aromatic carbocycles. The van der Waals surface area contributed by atoms with Gasteiger partial charge in [0.25, 0.3) is 0 Å². The van der Waals surface area contributed by atoms with Crippen molar-refractivity contribution < 1.29 is 13.2 Å². The highest BCUT2D eigenvalue weighted by Crippen LogP contribution is 2.19. The van der Waals surface area contributed by atoms with Crippen molar-refractivity contribution in [2.75, 3.05) is 5.88 Å². The number of rotatable bonds is 6. The minimum Gasteiger partial charge on any atom is -0.246 e. The minimum atomic E-state index is -0.849. The van der Waals surface area contributed by atoms with Crippen molar-refractivity contribution in [3.8, 4) is 6.07 Å². The number of unbranched alkanes of at least 4 members (excludes halogenated alkanes) is 2. The smallest absolute Gasteiger partial charge is 0.116 e. The van der Waals surface area contributed by atoms with Gasteiger partial charge >= 0.3 is 0 Å². The molecule has 0 aliphatic heterocycles. The molecule has 20 heavy (non-hydrogen) atoms. The fourth-order valence-electron chi connectivity index (χ4n) is 1.55. The van der Waals surface area contributed by atoms with E-state index in [9.17, 15) is 13.2 Å². The first-order chi connectivity index (χ1) is 9.68. The van der Waals surface area contributed by atoms with Gasteiger partial charge in [-0.25, -0.2) is 13.2 Å². The van der Waals surface area contributed by atoms with E-state index < -0.39 is 20.0 Å². The van der Waals surface area contributed by atoms with Gasteiger partial charge in [-0.15, -0.1) is 11.6 Å². The van der Waals surface area contributed by atoms with Gasteiger partial charge in [0.05, 0.1) is 11.6 Å². The summed E-state index contributed by atoms with van der Waals surface area (Å²) < 4.78 is 37.1. The van der Waals surface area contributed by atoms with E-state index in [1.165, 1.54) is 31.4 Å². The average Bonchev–Trinajstić information content (AvgIpc) is 2.51. The summed E-state index contributed by atoms with van der Waals surface area (Å²) in [6.07, 6.45) is 3.73. The maximum Gasteiger partial charge on any atom is 0.116 e. The first-order valence-corrected chi connectivity index (χ1v) is 7.00. The van der Waals surface area contributed by atoms with Crippen molar-refractivity contribution in [3.63, 3.8) is 0 Å². The molecule has 0 heterocycles. The molecule has 0 bridgehead atoms. The van der Waals surface area contributed by atoms with Crippen LogP contribution in [0.15, 0.2) is 12.1 Å². The Balaban J connectivity index is 0.000000511. The minimum absolute atomic E-state index is 0.0670. The lowest BCUT2D eigenvalue weighted by Crippen LogP contribution is -1.96. The normalized spacial score (nSPS) is 9.60. The van der Waals surface area contributed by atoms with E-state index in [1.54, 1.807) is 6.07 Å². The number of nitriles is 1. The third kappa shape index (κ3) is 6.29. The molecule has 0 saturated carbocycles. The number of hydrogen-bond acceptors (Lipinski definition) is 1. The Morgan fingerprint density at radius 2 is 1.55 bits per heavy atom. The van der Waals surface area contributed by atoms with Crippen molar-refractivity contribution >= 4 is 11.6 Å². The highest BCUT2D eigenvalue weighted by Gasteiger charge is 2.09. The van der Waals surface area contributed by atoms with Crippen LogP contribution < -0.4 is 0 Å². The fraction of sp³-hybridized carbons (Fsp3) is 0.533. The number of hydrogen-bond donors (Lipinski definition) is 0. The van der Waals surface area contributed by atoms with Gasteiger partial charge in [0.15, 0.2) is 0 Å². The molecule has 5 heteroatoms. The van der Waals surface area contributed by atoms with E-state index in [0.717, 1.165) is 5.88 Å². The van der Waals surface area contributed by atoms with Crippen LogP contribution in [-0.4, -0.2) is 5.88 Å². The van der Waals surface area contributed by atoms with E-state index in [2.05, 4.69) is 6.92 Å². The molecule has 1 nitrogen and oxygen atoms in total. The second-order valence-electron chi connectivity index (χ2n) is 4.19. The van der Waals surface area contributed by atoms with Crippen molar-refractivity contribution in [1.82, 2.24) is 0 Å². The van der Waals surface area contributed by atoms with Crippen LogP contribution in [0.2, 0.25) is 0 Å². The van der Waals surface area contributed by atoms with Crippen LogP contribution in [0, 0.1) is 11.3 Å². The summed E-state index contributed by atoms with van der Waals surface area (Å²) in [5, 5.41) is 8.60. The Labute approximate surface area is 123 Å². The Hall–Kier alpha value is -1.21. The summed E-state index contributed by atoms with van der Waals surface area (Å²) in [6, 6.07) is 4.14. The quantitative estimate of drug-likeness (QED) is 0.511. The van der Waals surface area contributed by atoms with Crippen LogP contribution in [0.1, 0.15) is 48.4 Å². The predicted octanol–water partition coefficient (Wildman–Crippen LogP) is 5.38. The van der Waals surface area contributed by atoms with E-state index in [1.807, 2.05) is 0 Å². The van der Waals surface area contributed by atoms with E-state index >= 15 is 0 Å². The van der Waals surface area contributed by atoms with Gasteiger partial charge < -0.3 is 0 Å². The van der Waals surface area contributed by atoms with Crippen molar-refractivity contribution in [1.29, 1.82) is 5.26 Å². The van der Waals surface area contributed by atoms with Crippen molar-refractivity contribution in [2.24, 2.45) is 0 Å². The number of alkyl halides is 4. The van der Waals surface area contributed by atoms with Gasteiger partial charge in [0.2, 0.25) is 0 Å². The second-order valence-corrected chi connectivity index (χ2v) is 4.56. The van der Waals surface area contributed by atoms with Crippen LogP contribution in [0.25, 0.3) is 0 Å². The maximum absolute atomic E-state index is 12.4. The third-order valence-electron chi connectivity index (χ3n) is 2.71. The molecular formula is C15H19ClF3N. The van der Waals surface area contributed by atoms with Gasteiger partial charge in [-0.05, 0) is 29.7 Å². The average molecular weight is 306 g/mol. The lowest BCUT2D eigenvalue weighted by Gasteiger charge is -2.06. The molecule has 0 atom stereocenters. The molecule has 0 fully saturated rings.